The van der Waals surface area contributed by atoms with Crippen molar-refractivity contribution in [1.29, 1.82) is 0 Å². The highest BCUT2D eigenvalue weighted by molar-refractivity contribution is 5.99. The van der Waals surface area contributed by atoms with Gasteiger partial charge in [0.25, 0.3) is 0 Å². The summed E-state index contributed by atoms with van der Waals surface area (Å²) in [6, 6.07) is 24.2. The van der Waals surface area contributed by atoms with Gasteiger partial charge in [-0.2, -0.15) is 0 Å². The largest absolute Gasteiger partial charge is 0.369 e. The second-order valence-electron chi connectivity index (χ2n) is 7.98. The minimum absolute atomic E-state index is 0.0126. The number of fused-ring (bicyclic) bond motifs is 1. The number of rotatable bonds is 8. The molecule has 1 heterocycles. The van der Waals surface area contributed by atoms with Gasteiger partial charge in [-0.1, -0.05) is 54.6 Å². The van der Waals surface area contributed by atoms with Crippen molar-refractivity contribution in [3.8, 4) is 0 Å². The molecule has 158 valence electrons. The van der Waals surface area contributed by atoms with Crippen LogP contribution in [0.4, 0.5) is 17.1 Å². The van der Waals surface area contributed by atoms with E-state index in [-0.39, 0.29) is 11.8 Å². The van der Waals surface area contributed by atoms with Crippen LogP contribution in [0.15, 0.2) is 72.8 Å². The summed E-state index contributed by atoms with van der Waals surface area (Å²) in [5.41, 5.74) is 6.15. The zero-order valence-electron chi connectivity index (χ0n) is 17.7. The van der Waals surface area contributed by atoms with Crippen LogP contribution >= 0.6 is 0 Å². The molecule has 0 atom stereocenters. The molecule has 1 aliphatic heterocycles. The third-order valence-electron chi connectivity index (χ3n) is 5.52. The van der Waals surface area contributed by atoms with Crippen molar-refractivity contribution in [2.75, 3.05) is 22.6 Å². The quantitative estimate of drug-likeness (QED) is 0.559. The molecule has 2 N–H and O–H groups in total. The molecular weight excluding hydrogens is 386 g/mol. The van der Waals surface area contributed by atoms with Gasteiger partial charge >= 0.3 is 0 Å². The van der Waals surface area contributed by atoms with Crippen molar-refractivity contribution in [2.45, 2.75) is 32.2 Å². The van der Waals surface area contributed by atoms with Crippen molar-refractivity contribution >= 4 is 28.9 Å². The van der Waals surface area contributed by atoms with E-state index < -0.39 is 0 Å². The van der Waals surface area contributed by atoms with Gasteiger partial charge in [0.05, 0.1) is 17.8 Å². The number of para-hydroxylation sites is 2. The number of amides is 2. The minimum atomic E-state index is 0.0126. The molecule has 5 heteroatoms. The van der Waals surface area contributed by atoms with Crippen LogP contribution in [0.25, 0.3) is 0 Å². The first-order valence-electron chi connectivity index (χ1n) is 10.6. The lowest BCUT2D eigenvalue weighted by Crippen LogP contribution is -2.20. The Bertz CT molecular complexity index is 1080. The Kier molecular flexibility index (Phi) is 6.32. The topological polar surface area (TPSA) is 61.4 Å². The molecule has 31 heavy (non-hydrogen) atoms. The van der Waals surface area contributed by atoms with Crippen LogP contribution in [0.3, 0.4) is 0 Å². The van der Waals surface area contributed by atoms with Gasteiger partial charge < -0.3 is 15.5 Å². The smallest absolute Gasteiger partial charge is 0.228 e. The number of nitrogens with zero attached hydrogens (tertiary/aromatic N) is 1. The second kappa shape index (κ2) is 9.47. The Balaban J connectivity index is 1.32. The monoisotopic (exact) mass is 413 g/mol. The van der Waals surface area contributed by atoms with E-state index in [1.165, 1.54) is 5.56 Å². The SMILES string of the molecule is CN(Cc1ccccc1)c1ccccc1NC(=O)CCCc1ccc2c(c1)CC(=O)N2. The molecule has 0 saturated heterocycles. The third kappa shape index (κ3) is 5.31. The van der Waals surface area contributed by atoms with Crippen molar-refractivity contribution in [2.24, 2.45) is 0 Å². The van der Waals surface area contributed by atoms with E-state index in [4.69, 9.17) is 0 Å². The summed E-state index contributed by atoms with van der Waals surface area (Å²) in [6.45, 7) is 0.767. The molecule has 0 spiro atoms. The number of aryl methyl sites for hydroxylation is 1. The Hall–Kier alpha value is -3.60. The van der Waals surface area contributed by atoms with Crippen LogP contribution in [0.5, 0.6) is 0 Å². The molecule has 0 saturated carbocycles. The van der Waals surface area contributed by atoms with Crippen LogP contribution in [0, 0.1) is 0 Å². The Morgan fingerprint density at radius 1 is 1.00 bits per heavy atom. The third-order valence-corrected chi connectivity index (χ3v) is 5.52. The summed E-state index contributed by atoms with van der Waals surface area (Å²) in [5, 5.41) is 5.92. The molecule has 1 aliphatic rings. The van der Waals surface area contributed by atoms with E-state index in [0.29, 0.717) is 12.8 Å². The molecule has 3 aromatic carbocycles. The molecule has 2 amide bonds. The van der Waals surface area contributed by atoms with Crippen LogP contribution in [-0.4, -0.2) is 18.9 Å². The van der Waals surface area contributed by atoms with Crippen molar-refractivity contribution in [1.82, 2.24) is 0 Å². The van der Waals surface area contributed by atoms with Crippen molar-refractivity contribution < 1.29 is 9.59 Å². The molecule has 0 bridgehead atoms. The Morgan fingerprint density at radius 2 is 1.77 bits per heavy atom. The van der Waals surface area contributed by atoms with Crippen molar-refractivity contribution in [3.63, 3.8) is 0 Å². The maximum atomic E-state index is 12.6. The highest BCUT2D eigenvalue weighted by atomic mass is 16.2. The maximum Gasteiger partial charge on any atom is 0.228 e. The predicted octanol–water partition coefficient (Wildman–Crippen LogP) is 4.78. The average molecular weight is 414 g/mol. The van der Waals surface area contributed by atoms with E-state index in [1.807, 2.05) is 61.6 Å². The number of hydrogen-bond donors (Lipinski definition) is 2. The molecule has 0 aromatic heterocycles. The number of carbonyl (C=O) groups is 2. The Labute approximate surface area is 183 Å². The molecular formula is C26H27N3O2. The van der Waals surface area contributed by atoms with E-state index in [1.54, 1.807) is 0 Å². The fraction of sp³-hybridized carbons (Fsp3) is 0.231. The van der Waals surface area contributed by atoms with Gasteiger partial charge in [0, 0.05) is 25.7 Å². The number of nitrogens with one attached hydrogen (secondary N) is 2. The van der Waals surface area contributed by atoms with E-state index >= 15 is 0 Å². The summed E-state index contributed by atoms with van der Waals surface area (Å²) in [7, 11) is 2.03. The Morgan fingerprint density at radius 3 is 2.61 bits per heavy atom. The lowest BCUT2D eigenvalue weighted by Gasteiger charge is -2.23. The zero-order valence-corrected chi connectivity index (χ0v) is 17.7. The highest BCUT2D eigenvalue weighted by Crippen LogP contribution is 2.27. The molecule has 0 fully saturated rings. The fourth-order valence-electron chi connectivity index (χ4n) is 3.96. The van der Waals surface area contributed by atoms with Crippen LogP contribution in [-0.2, 0) is 29.0 Å². The fourth-order valence-corrected chi connectivity index (χ4v) is 3.96. The van der Waals surface area contributed by atoms with Gasteiger partial charge in [-0.05, 0) is 47.7 Å². The predicted molar refractivity (Wildman–Crippen MR) is 125 cm³/mol. The van der Waals surface area contributed by atoms with E-state index in [0.717, 1.165) is 47.6 Å². The normalized spacial score (nSPS) is 12.2. The van der Waals surface area contributed by atoms with Gasteiger partial charge in [0.15, 0.2) is 0 Å². The highest BCUT2D eigenvalue weighted by Gasteiger charge is 2.17. The number of carbonyl (C=O) groups excluding carboxylic acids is 2. The summed E-state index contributed by atoms with van der Waals surface area (Å²) < 4.78 is 0. The van der Waals surface area contributed by atoms with Gasteiger partial charge in [-0.15, -0.1) is 0 Å². The van der Waals surface area contributed by atoms with Gasteiger partial charge in [0.1, 0.15) is 0 Å². The summed E-state index contributed by atoms with van der Waals surface area (Å²) in [4.78, 5) is 26.2. The summed E-state index contributed by atoms with van der Waals surface area (Å²) in [6.07, 6.45) is 2.46. The molecule has 4 rings (SSSR count). The van der Waals surface area contributed by atoms with Gasteiger partial charge in [-0.3, -0.25) is 9.59 Å². The van der Waals surface area contributed by atoms with E-state index in [2.05, 4.69) is 33.7 Å². The number of anilines is 3. The molecule has 0 aliphatic carbocycles. The van der Waals surface area contributed by atoms with Crippen LogP contribution in [0.1, 0.15) is 29.5 Å². The summed E-state index contributed by atoms with van der Waals surface area (Å²) >= 11 is 0. The molecule has 0 unspecified atom stereocenters. The van der Waals surface area contributed by atoms with Crippen LogP contribution < -0.4 is 15.5 Å². The standard InChI is InChI=1S/C26H27N3O2/c1-29(18-20-8-3-2-4-9-20)24-12-6-5-11-23(24)28-25(30)13-7-10-19-14-15-22-21(16-19)17-26(31)27-22/h2-6,8-9,11-12,14-16H,7,10,13,17-18H2,1H3,(H,27,31)(H,28,30). The number of benzene rings is 3. The van der Waals surface area contributed by atoms with Crippen molar-refractivity contribution in [3.05, 3.63) is 89.5 Å². The number of hydrogen-bond acceptors (Lipinski definition) is 3. The van der Waals surface area contributed by atoms with E-state index in [9.17, 15) is 9.59 Å². The summed E-state index contributed by atoms with van der Waals surface area (Å²) in [5.74, 6) is 0.0565. The molecule has 3 aromatic rings. The average Bonchev–Trinajstić information content (AvgIpc) is 3.14. The van der Waals surface area contributed by atoms with Crippen LogP contribution in [0.2, 0.25) is 0 Å². The first kappa shape index (κ1) is 20.7. The zero-order chi connectivity index (χ0) is 21.6. The minimum Gasteiger partial charge on any atom is -0.369 e. The first-order chi connectivity index (χ1) is 15.1. The maximum absolute atomic E-state index is 12.6. The second-order valence-corrected chi connectivity index (χ2v) is 7.98. The first-order valence-corrected chi connectivity index (χ1v) is 10.6. The van der Waals surface area contributed by atoms with Gasteiger partial charge in [0.2, 0.25) is 11.8 Å². The lowest BCUT2D eigenvalue weighted by molar-refractivity contribution is -0.116. The lowest BCUT2D eigenvalue weighted by atomic mass is 10.0. The molecule has 0 radical (unpaired) electrons. The van der Waals surface area contributed by atoms with Gasteiger partial charge in [-0.25, -0.2) is 0 Å². The molecule has 5 nitrogen and oxygen atoms in total.